The SMILES string of the molecule is CC(C)n1c(COC2CCCCO2)nc2cnc(Cc3ccnc(N4CC[C@H](O)[C@H](C)C4)n3)cc21. The van der Waals surface area contributed by atoms with Gasteiger partial charge in [0.25, 0.3) is 0 Å². The second-order valence-electron chi connectivity index (χ2n) is 10.1. The molecule has 1 N–H and O–H groups in total. The summed E-state index contributed by atoms with van der Waals surface area (Å²) in [7, 11) is 0. The number of ether oxygens (including phenoxy) is 2. The van der Waals surface area contributed by atoms with Crippen molar-refractivity contribution in [3.63, 3.8) is 0 Å². The van der Waals surface area contributed by atoms with Gasteiger partial charge in [-0.2, -0.15) is 0 Å². The summed E-state index contributed by atoms with van der Waals surface area (Å²) in [5.74, 6) is 1.83. The average molecular weight is 481 g/mol. The number of hydrogen-bond donors (Lipinski definition) is 1. The van der Waals surface area contributed by atoms with Crippen molar-refractivity contribution in [1.82, 2.24) is 24.5 Å². The Morgan fingerprint density at radius 2 is 2.06 bits per heavy atom. The molecule has 35 heavy (non-hydrogen) atoms. The highest BCUT2D eigenvalue weighted by molar-refractivity contribution is 5.75. The van der Waals surface area contributed by atoms with Crippen LogP contribution in [0, 0.1) is 5.92 Å². The molecule has 1 unspecified atom stereocenters. The van der Waals surface area contributed by atoms with Gasteiger partial charge in [0.1, 0.15) is 17.9 Å². The molecule has 0 spiro atoms. The van der Waals surface area contributed by atoms with Gasteiger partial charge in [-0.15, -0.1) is 0 Å². The van der Waals surface area contributed by atoms with E-state index in [0.29, 0.717) is 13.0 Å². The van der Waals surface area contributed by atoms with Crippen molar-refractivity contribution in [2.24, 2.45) is 5.92 Å². The van der Waals surface area contributed by atoms with Crippen molar-refractivity contribution >= 4 is 17.0 Å². The predicted molar refractivity (Wildman–Crippen MR) is 133 cm³/mol. The van der Waals surface area contributed by atoms with E-state index in [2.05, 4.69) is 46.3 Å². The first kappa shape index (κ1) is 24.1. The smallest absolute Gasteiger partial charge is 0.225 e. The van der Waals surface area contributed by atoms with E-state index in [4.69, 9.17) is 19.4 Å². The molecule has 2 saturated heterocycles. The number of hydrogen-bond acceptors (Lipinski definition) is 8. The van der Waals surface area contributed by atoms with Crippen molar-refractivity contribution in [3.8, 4) is 0 Å². The fraction of sp³-hybridized carbons (Fsp3) is 0.615. The third-order valence-electron chi connectivity index (χ3n) is 6.96. The molecule has 3 aromatic rings. The molecule has 5 rings (SSSR count). The second kappa shape index (κ2) is 10.6. The molecule has 3 atom stereocenters. The number of aliphatic hydroxyl groups excluding tert-OH is 1. The van der Waals surface area contributed by atoms with Gasteiger partial charge in [0.2, 0.25) is 5.95 Å². The molecule has 0 bridgehead atoms. The van der Waals surface area contributed by atoms with Gasteiger partial charge < -0.3 is 24.0 Å². The summed E-state index contributed by atoms with van der Waals surface area (Å²) in [4.78, 5) is 21.0. The van der Waals surface area contributed by atoms with Gasteiger partial charge in [0.15, 0.2) is 6.29 Å². The Hall–Kier alpha value is -2.62. The summed E-state index contributed by atoms with van der Waals surface area (Å²) < 4.78 is 14.0. The first-order valence-electron chi connectivity index (χ1n) is 12.8. The van der Waals surface area contributed by atoms with Crippen molar-refractivity contribution in [2.45, 2.75) is 77.9 Å². The number of anilines is 1. The van der Waals surface area contributed by atoms with E-state index >= 15 is 0 Å². The van der Waals surface area contributed by atoms with Crippen LogP contribution in [0.4, 0.5) is 5.95 Å². The maximum absolute atomic E-state index is 10.0. The number of nitrogens with zero attached hydrogens (tertiary/aromatic N) is 6. The molecule has 2 aliphatic heterocycles. The second-order valence-corrected chi connectivity index (χ2v) is 10.1. The van der Waals surface area contributed by atoms with Crippen LogP contribution in [-0.2, 0) is 22.5 Å². The van der Waals surface area contributed by atoms with Crippen molar-refractivity contribution < 1.29 is 14.6 Å². The van der Waals surface area contributed by atoms with Crippen molar-refractivity contribution in [2.75, 3.05) is 24.6 Å². The number of pyridine rings is 1. The molecule has 9 heteroatoms. The number of rotatable bonds is 7. The Bertz CT molecular complexity index is 1140. The monoisotopic (exact) mass is 480 g/mol. The fourth-order valence-corrected chi connectivity index (χ4v) is 5.01. The van der Waals surface area contributed by atoms with Gasteiger partial charge in [0, 0.05) is 44.0 Å². The lowest BCUT2D eigenvalue weighted by Gasteiger charge is -2.34. The van der Waals surface area contributed by atoms with Gasteiger partial charge in [-0.1, -0.05) is 6.92 Å². The van der Waals surface area contributed by atoms with E-state index in [1.54, 1.807) is 0 Å². The van der Waals surface area contributed by atoms with Crippen LogP contribution in [0.25, 0.3) is 11.0 Å². The highest BCUT2D eigenvalue weighted by Gasteiger charge is 2.26. The maximum Gasteiger partial charge on any atom is 0.225 e. The molecule has 188 valence electrons. The van der Waals surface area contributed by atoms with Crippen LogP contribution in [0.2, 0.25) is 0 Å². The number of fused-ring (bicyclic) bond motifs is 1. The summed E-state index contributed by atoms with van der Waals surface area (Å²) >= 11 is 0. The summed E-state index contributed by atoms with van der Waals surface area (Å²) in [6.45, 7) is 9.11. The molecular weight excluding hydrogens is 444 g/mol. The maximum atomic E-state index is 10.0. The third kappa shape index (κ3) is 5.47. The van der Waals surface area contributed by atoms with Crippen LogP contribution in [0.3, 0.4) is 0 Å². The van der Waals surface area contributed by atoms with Gasteiger partial charge in [-0.3, -0.25) is 4.98 Å². The first-order chi connectivity index (χ1) is 17.0. The Morgan fingerprint density at radius 1 is 1.17 bits per heavy atom. The molecule has 9 nitrogen and oxygen atoms in total. The van der Waals surface area contributed by atoms with E-state index in [1.165, 1.54) is 0 Å². The van der Waals surface area contributed by atoms with Crippen LogP contribution in [0.5, 0.6) is 0 Å². The van der Waals surface area contributed by atoms with Crippen LogP contribution in [0.1, 0.15) is 69.7 Å². The Labute approximate surface area is 206 Å². The van der Waals surface area contributed by atoms with Gasteiger partial charge in [0.05, 0.1) is 23.5 Å². The van der Waals surface area contributed by atoms with E-state index in [0.717, 1.165) is 79.6 Å². The third-order valence-corrected chi connectivity index (χ3v) is 6.96. The van der Waals surface area contributed by atoms with E-state index in [-0.39, 0.29) is 24.4 Å². The Morgan fingerprint density at radius 3 is 2.83 bits per heavy atom. The van der Waals surface area contributed by atoms with Crippen LogP contribution in [-0.4, -0.2) is 61.7 Å². The quantitative estimate of drug-likeness (QED) is 0.547. The van der Waals surface area contributed by atoms with Gasteiger partial charge in [-0.05, 0) is 57.6 Å². The Balaban J connectivity index is 1.34. The van der Waals surface area contributed by atoms with E-state index < -0.39 is 0 Å². The lowest BCUT2D eigenvalue weighted by atomic mass is 9.97. The lowest BCUT2D eigenvalue weighted by Crippen LogP contribution is -2.42. The highest BCUT2D eigenvalue weighted by Crippen LogP contribution is 2.25. The molecule has 2 fully saturated rings. The normalized spacial score (nSPS) is 23.3. The standard InChI is InChI=1S/C26H36N6O3/c1-17(2)32-22-13-20(28-14-21(22)30-24(32)16-35-25-6-4-5-11-34-25)12-19-7-9-27-26(29-19)31-10-8-23(33)18(3)15-31/h7,9,13-14,17-18,23,25,33H,4-6,8,10-12,15-16H2,1-3H3/t18-,23+,25?/m1/s1. The van der Waals surface area contributed by atoms with Crippen LogP contribution < -0.4 is 4.90 Å². The summed E-state index contributed by atoms with van der Waals surface area (Å²) in [6.07, 6.45) is 7.80. The highest BCUT2D eigenvalue weighted by atomic mass is 16.7. The minimum Gasteiger partial charge on any atom is -0.393 e. The summed E-state index contributed by atoms with van der Waals surface area (Å²) in [5, 5.41) is 10.0. The van der Waals surface area contributed by atoms with Crippen LogP contribution in [0.15, 0.2) is 24.5 Å². The molecule has 0 aliphatic carbocycles. The topological polar surface area (TPSA) is 98.4 Å². The molecule has 0 radical (unpaired) electrons. The van der Waals surface area contributed by atoms with Gasteiger partial charge in [-0.25, -0.2) is 15.0 Å². The average Bonchev–Trinajstić information content (AvgIpc) is 3.23. The van der Waals surface area contributed by atoms with Crippen LogP contribution >= 0.6 is 0 Å². The summed E-state index contributed by atoms with van der Waals surface area (Å²) in [6, 6.07) is 4.30. The lowest BCUT2D eigenvalue weighted by molar-refractivity contribution is -0.170. The Kier molecular flexibility index (Phi) is 7.27. The summed E-state index contributed by atoms with van der Waals surface area (Å²) in [5.41, 5.74) is 3.79. The molecular formula is C26H36N6O3. The number of imidazole rings is 1. The van der Waals surface area contributed by atoms with Gasteiger partial charge >= 0.3 is 0 Å². The molecule has 3 aromatic heterocycles. The molecule has 0 saturated carbocycles. The predicted octanol–water partition coefficient (Wildman–Crippen LogP) is 3.64. The van der Waals surface area contributed by atoms with Crippen molar-refractivity contribution in [1.29, 1.82) is 0 Å². The minimum absolute atomic E-state index is 0.143. The zero-order chi connectivity index (χ0) is 24.4. The van der Waals surface area contributed by atoms with E-state index in [9.17, 15) is 5.11 Å². The van der Waals surface area contributed by atoms with E-state index in [1.807, 2.05) is 18.5 Å². The zero-order valence-electron chi connectivity index (χ0n) is 20.9. The van der Waals surface area contributed by atoms with Crippen molar-refractivity contribution in [3.05, 3.63) is 41.7 Å². The zero-order valence-corrected chi connectivity index (χ0v) is 20.9. The molecule has 2 aliphatic rings. The number of aromatic nitrogens is 5. The minimum atomic E-state index is -0.248. The molecule has 0 amide bonds. The fourth-order valence-electron chi connectivity index (χ4n) is 5.01. The molecule has 0 aromatic carbocycles. The molecule has 5 heterocycles. The number of piperidine rings is 1. The largest absolute Gasteiger partial charge is 0.393 e. The first-order valence-corrected chi connectivity index (χ1v) is 12.8. The number of aliphatic hydroxyl groups is 1.